The zero-order valence-electron chi connectivity index (χ0n) is 15.3. The van der Waals surface area contributed by atoms with E-state index in [1.54, 1.807) is 48.2 Å². The number of hydrogen-bond acceptors (Lipinski definition) is 6. The summed E-state index contributed by atoms with van der Waals surface area (Å²) in [6, 6.07) is 12.2. The molecule has 0 radical (unpaired) electrons. The zero-order valence-corrected chi connectivity index (χ0v) is 16.9. The molecule has 2 N–H and O–H groups in total. The summed E-state index contributed by atoms with van der Waals surface area (Å²) in [4.78, 5) is 49.9. The van der Waals surface area contributed by atoms with E-state index in [-0.39, 0.29) is 35.3 Å². The maximum atomic E-state index is 12.6. The van der Waals surface area contributed by atoms with Gasteiger partial charge in [0, 0.05) is 28.3 Å². The Bertz CT molecular complexity index is 991. The van der Waals surface area contributed by atoms with Crippen molar-refractivity contribution in [3.8, 4) is 0 Å². The molecule has 4 amide bonds. The Morgan fingerprint density at radius 2 is 1.86 bits per heavy atom. The van der Waals surface area contributed by atoms with Gasteiger partial charge in [-0.05, 0) is 35.9 Å². The monoisotopic (exact) mass is 427 g/mol. The normalized spacial score (nSPS) is 16.3. The first kappa shape index (κ1) is 19.5. The number of fused-ring (bicyclic) bond motifs is 1. The van der Waals surface area contributed by atoms with Crippen molar-refractivity contribution in [2.75, 3.05) is 22.1 Å². The number of imide groups is 1. The summed E-state index contributed by atoms with van der Waals surface area (Å²) in [5.74, 6) is 0.366. The maximum absolute atomic E-state index is 12.6. The third kappa shape index (κ3) is 4.46. The quantitative estimate of drug-likeness (QED) is 0.775. The van der Waals surface area contributed by atoms with Crippen LogP contribution in [0.3, 0.4) is 0 Å². The molecule has 4 rings (SSSR count). The molecule has 2 heterocycles. The standard InChI is InChI=1S/C20H17N3O4S2/c24-17-7-8-28-16-6-3-13(9-15(16)22-17)19(26)21-14-4-1-12(2-5-14)10-23-18(25)11-29-20(23)27/h1-6,9H,7-8,10-11H2,(H,21,26)(H,22,24). The average molecular weight is 428 g/mol. The molecule has 0 unspecified atom stereocenters. The molecule has 2 aromatic rings. The molecular formula is C20H17N3O4S2. The van der Waals surface area contributed by atoms with Crippen molar-refractivity contribution in [3.05, 3.63) is 53.6 Å². The largest absolute Gasteiger partial charge is 0.325 e. The van der Waals surface area contributed by atoms with Gasteiger partial charge in [0.05, 0.1) is 18.0 Å². The second kappa shape index (κ2) is 8.30. The van der Waals surface area contributed by atoms with Crippen molar-refractivity contribution < 1.29 is 19.2 Å². The molecule has 9 heteroatoms. The molecule has 2 aromatic carbocycles. The van der Waals surface area contributed by atoms with Crippen molar-refractivity contribution in [2.45, 2.75) is 17.9 Å². The van der Waals surface area contributed by atoms with Crippen LogP contribution in [0.2, 0.25) is 0 Å². The van der Waals surface area contributed by atoms with Crippen LogP contribution < -0.4 is 10.6 Å². The number of benzene rings is 2. The number of carbonyl (C=O) groups excluding carboxylic acids is 4. The van der Waals surface area contributed by atoms with Crippen LogP contribution >= 0.6 is 23.5 Å². The molecular weight excluding hydrogens is 410 g/mol. The molecule has 0 atom stereocenters. The first-order chi connectivity index (χ1) is 14.0. The van der Waals surface area contributed by atoms with Gasteiger partial charge in [0.25, 0.3) is 11.1 Å². The van der Waals surface area contributed by atoms with Gasteiger partial charge in [-0.25, -0.2) is 0 Å². The highest BCUT2D eigenvalue weighted by atomic mass is 32.2. The first-order valence-electron chi connectivity index (χ1n) is 8.94. The van der Waals surface area contributed by atoms with E-state index in [1.807, 2.05) is 6.07 Å². The smallest absolute Gasteiger partial charge is 0.289 e. The Labute approximate surface area is 175 Å². The zero-order chi connectivity index (χ0) is 20.4. The topological polar surface area (TPSA) is 95.6 Å². The lowest BCUT2D eigenvalue weighted by atomic mass is 10.1. The van der Waals surface area contributed by atoms with Crippen LogP contribution in [0.5, 0.6) is 0 Å². The summed E-state index contributed by atoms with van der Waals surface area (Å²) in [5.41, 5.74) is 2.50. The fourth-order valence-corrected chi connectivity index (χ4v) is 4.64. The summed E-state index contributed by atoms with van der Waals surface area (Å²) in [7, 11) is 0. The Morgan fingerprint density at radius 1 is 1.07 bits per heavy atom. The van der Waals surface area contributed by atoms with Gasteiger partial charge in [0.2, 0.25) is 11.8 Å². The number of nitrogens with one attached hydrogen (secondary N) is 2. The molecule has 2 aliphatic heterocycles. The van der Waals surface area contributed by atoms with Gasteiger partial charge < -0.3 is 10.6 Å². The minimum Gasteiger partial charge on any atom is -0.325 e. The van der Waals surface area contributed by atoms with Crippen molar-refractivity contribution in [1.82, 2.24) is 4.90 Å². The van der Waals surface area contributed by atoms with Crippen LogP contribution in [0, 0.1) is 0 Å². The molecule has 148 valence electrons. The van der Waals surface area contributed by atoms with Crippen molar-refractivity contribution in [1.29, 1.82) is 0 Å². The minimum atomic E-state index is -0.287. The number of nitrogens with zero attached hydrogens (tertiary/aromatic N) is 1. The molecule has 0 aliphatic carbocycles. The highest BCUT2D eigenvalue weighted by molar-refractivity contribution is 8.14. The van der Waals surface area contributed by atoms with Crippen LogP contribution in [0.15, 0.2) is 47.4 Å². The van der Waals surface area contributed by atoms with E-state index in [4.69, 9.17) is 0 Å². The summed E-state index contributed by atoms with van der Waals surface area (Å²) >= 11 is 2.59. The Hall–Kier alpha value is -2.78. The van der Waals surface area contributed by atoms with E-state index in [1.165, 1.54) is 4.90 Å². The molecule has 0 aromatic heterocycles. The van der Waals surface area contributed by atoms with Gasteiger partial charge in [-0.2, -0.15) is 0 Å². The van der Waals surface area contributed by atoms with E-state index >= 15 is 0 Å². The van der Waals surface area contributed by atoms with Crippen LogP contribution in [-0.4, -0.2) is 39.4 Å². The number of anilines is 2. The minimum absolute atomic E-state index is 0.0576. The van der Waals surface area contributed by atoms with Crippen molar-refractivity contribution in [3.63, 3.8) is 0 Å². The van der Waals surface area contributed by atoms with E-state index < -0.39 is 0 Å². The Balaban J connectivity index is 1.43. The van der Waals surface area contributed by atoms with E-state index in [9.17, 15) is 19.2 Å². The molecule has 1 saturated heterocycles. The number of rotatable bonds is 4. The lowest BCUT2D eigenvalue weighted by Gasteiger charge is -2.13. The van der Waals surface area contributed by atoms with E-state index in [0.717, 1.165) is 22.2 Å². The maximum Gasteiger partial charge on any atom is 0.289 e. The van der Waals surface area contributed by atoms with Gasteiger partial charge in [-0.15, -0.1) is 11.8 Å². The van der Waals surface area contributed by atoms with Crippen LogP contribution in [0.1, 0.15) is 22.3 Å². The van der Waals surface area contributed by atoms with Crippen LogP contribution in [0.4, 0.5) is 16.2 Å². The van der Waals surface area contributed by atoms with Crippen LogP contribution in [0.25, 0.3) is 0 Å². The Morgan fingerprint density at radius 3 is 2.59 bits per heavy atom. The molecule has 0 spiro atoms. The Kier molecular flexibility index (Phi) is 5.59. The second-order valence-corrected chi connectivity index (χ2v) is 8.61. The summed E-state index contributed by atoms with van der Waals surface area (Å²) in [5, 5.41) is 5.41. The van der Waals surface area contributed by atoms with E-state index in [2.05, 4.69) is 10.6 Å². The highest BCUT2D eigenvalue weighted by Crippen LogP contribution is 2.31. The van der Waals surface area contributed by atoms with Gasteiger partial charge in [0.15, 0.2) is 0 Å². The molecule has 0 saturated carbocycles. The number of hydrogen-bond donors (Lipinski definition) is 2. The third-order valence-corrected chi connectivity index (χ3v) is 6.43. The van der Waals surface area contributed by atoms with Gasteiger partial charge in [0.1, 0.15) is 0 Å². The third-order valence-electron chi connectivity index (χ3n) is 4.50. The van der Waals surface area contributed by atoms with Gasteiger partial charge >= 0.3 is 0 Å². The predicted molar refractivity (Wildman–Crippen MR) is 113 cm³/mol. The predicted octanol–water partition coefficient (Wildman–Crippen LogP) is 3.57. The lowest BCUT2D eigenvalue weighted by molar-refractivity contribution is -0.125. The molecule has 0 bridgehead atoms. The number of amides is 4. The molecule has 7 nitrogen and oxygen atoms in total. The highest BCUT2D eigenvalue weighted by Gasteiger charge is 2.29. The van der Waals surface area contributed by atoms with Crippen LogP contribution in [-0.2, 0) is 16.1 Å². The molecule has 2 aliphatic rings. The second-order valence-electron chi connectivity index (χ2n) is 6.54. The summed E-state index contributed by atoms with van der Waals surface area (Å²) < 4.78 is 0. The van der Waals surface area contributed by atoms with Crippen molar-refractivity contribution >= 4 is 57.9 Å². The molecule has 1 fully saturated rings. The SMILES string of the molecule is O=C1CCSc2ccc(C(=O)Nc3ccc(CN4C(=O)CSC4=O)cc3)cc2N1. The number of thioether (sulfide) groups is 2. The summed E-state index contributed by atoms with van der Waals surface area (Å²) in [6.07, 6.45) is 0.445. The molecule has 29 heavy (non-hydrogen) atoms. The number of carbonyl (C=O) groups is 4. The first-order valence-corrected chi connectivity index (χ1v) is 10.9. The van der Waals surface area contributed by atoms with E-state index in [0.29, 0.717) is 29.1 Å². The fraction of sp³-hybridized carbons (Fsp3) is 0.200. The average Bonchev–Trinajstić information content (AvgIpc) is 2.90. The van der Waals surface area contributed by atoms with Gasteiger partial charge in [-0.3, -0.25) is 24.1 Å². The van der Waals surface area contributed by atoms with Gasteiger partial charge in [-0.1, -0.05) is 23.9 Å². The van der Waals surface area contributed by atoms with Crippen molar-refractivity contribution in [2.24, 2.45) is 0 Å². The fourth-order valence-electron chi connectivity index (χ4n) is 2.97. The lowest BCUT2D eigenvalue weighted by Crippen LogP contribution is -2.27. The summed E-state index contributed by atoms with van der Waals surface area (Å²) in [6.45, 7) is 0.223.